The summed E-state index contributed by atoms with van der Waals surface area (Å²) < 4.78 is 44.0. The van der Waals surface area contributed by atoms with Gasteiger partial charge in [0.05, 0.1) is 5.56 Å². The number of carbonyl (C=O) groups is 2. The van der Waals surface area contributed by atoms with Crippen LogP contribution in [0.3, 0.4) is 0 Å². The smallest absolute Gasteiger partial charge is 0.416 e. The molecular formula is C22H21F3O3. The Morgan fingerprint density at radius 1 is 1.04 bits per heavy atom. The second-order valence-electron chi connectivity index (χ2n) is 8.12. The summed E-state index contributed by atoms with van der Waals surface area (Å²) in [6.45, 7) is 5.13. The number of ketones is 1. The molecule has 0 spiro atoms. The van der Waals surface area contributed by atoms with Gasteiger partial charge in [0.15, 0.2) is 5.78 Å². The zero-order chi connectivity index (χ0) is 20.7. The lowest BCUT2D eigenvalue weighted by Gasteiger charge is -2.30. The van der Waals surface area contributed by atoms with Gasteiger partial charge in [-0.3, -0.25) is 9.59 Å². The van der Waals surface area contributed by atoms with Crippen molar-refractivity contribution in [1.82, 2.24) is 0 Å². The van der Waals surface area contributed by atoms with Crippen LogP contribution in [0.25, 0.3) is 0 Å². The summed E-state index contributed by atoms with van der Waals surface area (Å²) in [5, 5.41) is 0. The van der Waals surface area contributed by atoms with Crippen LogP contribution in [-0.2, 0) is 28.5 Å². The molecule has 0 radical (unpaired) electrons. The number of hydrogen-bond acceptors (Lipinski definition) is 3. The van der Waals surface area contributed by atoms with Crippen molar-refractivity contribution in [3.8, 4) is 0 Å². The molecule has 0 saturated heterocycles. The highest BCUT2D eigenvalue weighted by Crippen LogP contribution is 2.42. The number of halogens is 3. The molecule has 1 aliphatic rings. The van der Waals surface area contributed by atoms with Gasteiger partial charge in [-0.2, -0.15) is 13.2 Å². The molecule has 0 fully saturated rings. The molecule has 3 nitrogen and oxygen atoms in total. The maximum Gasteiger partial charge on any atom is 0.416 e. The number of carbonyl (C=O) groups excluding carboxylic acids is 2. The average Bonchev–Trinajstić information content (AvgIpc) is 2.87. The van der Waals surface area contributed by atoms with Crippen LogP contribution in [0.5, 0.6) is 0 Å². The van der Waals surface area contributed by atoms with Crippen molar-refractivity contribution in [2.24, 2.45) is 5.41 Å². The number of benzene rings is 2. The summed E-state index contributed by atoms with van der Waals surface area (Å²) in [7, 11) is 0. The third-order valence-corrected chi connectivity index (χ3v) is 4.77. The second-order valence-corrected chi connectivity index (χ2v) is 8.12. The lowest BCUT2D eigenvalue weighted by atomic mass is 9.77. The van der Waals surface area contributed by atoms with E-state index >= 15 is 0 Å². The largest absolute Gasteiger partial charge is 0.459 e. The highest BCUT2D eigenvalue weighted by Gasteiger charge is 2.53. The quantitative estimate of drug-likeness (QED) is 0.546. The van der Waals surface area contributed by atoms with E-state index in [0.29, 0.717) is 11.1 Å². The second kappa shape index (κ2) is 6.76. The average molecular weight is 390 g/mol. The van der Waals surface area contributed by atoms with Gasteiger partial charge in [0.2, 0.25) is 0 Å². The number of esters is 1. The Morgan fingerprint density at radius 3 is 2.18 bits per heavy atom. The first-order chi connectivity index (χ1) is 12.9. The van der Waals surface area contributed by atoms with Gasteiger partial charge in [-0.1, -0.05) is 36.4 Å². The number of fused-ring (bicyclic) bond motifs is 1. The number of hydrogen-bond donors (Lipinski definition) is 0. The fourth-order valence-corrected chi connectivity index (χ4v) is 3.47. The first-order valence-corrected chi connectivity index (χ1v) is 8.95. The van der Waals surface area contributed by atoms with E-state index in [2.05, 4.69) is 0 Å². The van der Waals surface area contributed by atoms with E-state index in [9.17, 15) is 22.8 Å². The Balaban J connectivity index is 1.99. The predicted molar refractivity (Wildman–Crippen MR) is 97.9 cm³/mol. The standard InChI is InChI=1S/C22H21F3O3/c1-20(2,3)28-19(27)21(13-15-6-4-5-7-17(15)18(21)26)12-14-8-10-16(11-9-14)22(23,24)25/h4-11H,12-13H2,1-3H3/t21-/m1/s1. The van der Waals surface area contributed by atoms with Crippen molar-refractivity contribution in [3.63, 3.8) is 0 Å². The molecule has 148 valence electrons. The molecule has 2 aromatic carbocycles. The summed E-state index contributed by atoms with van der Waals surface area (Å²) in [5.74, 6) is -1.00. The van der Waals surface area contributed by atoms with Crippen LogP contribution >= 0.6 is 0 Å². The Labute approximate surface area is 161 Å². The van der Waals surface area contributed by atoms with E-state index in [0.717, 1.165) is 17.7 Å². The molecule has 28 heavy (non-hydrogen) atoms. The molecule has 0 saturated carbocycles. The van der Waals surface area contributed by atoms with Gasteiger partial charge in [0, 0.05) is 5.56 Å². The summed E-state index contributed by atoms with van der Waals surface area (Å²) >= 11 is 0. The first kappa shape index (κ1) is 20.1. The van der Waals surface area contributed by atoms with Gasteiger partial charge < -0.3 is 4.74 Å². The van der Waals surface area contributed by atoms with Gasteiger partial charge >= 0.3 is 12.1 Å². The number of alkyl halides is 3. The van der Waals surface area contributed by atoms with Crippen molar-refractivity contribution >= 4 is 11.8 Å². The van der Waals surface area contributed by atoms with Crippen LogP contribution in [0.15, 0.2) is 48.5 Å². The monoisotopic (exact) mass is 390 g/mol. The van der Waals surface area contributed by atoms with E-state index in [-0.39, 0.29) is 18.6 Å². The third-order valence-electron chi connectivity index (χ3n) is 4.77. The number of Topliss-reactive ketones (excluding diaryl/α,β-unsaturated/α-hetero) is 1. The minimum absolute atomic E-state index is 0.0203. The topological polar surface area (TPSA) is 43.4 Å². The van der Waals surface area contributed by atoms with Crippen molar-refractivity contribution in [1.29, 1.82) is 0 Å². The van der Waals surface area contributed by atoms with Crippen LogP contribution in [0.1, 0.15) is 47.8 Å². The molecule has 0 aliphatic heterocycles. The molecule has 0 heterocycles. The van der Waals surface area contributed by atoms with Crippen LogP contribution < -0.4 is 0 Å². The molecule has 0 aromatic heterocycles. The van der Waals surface area contributed by atoms with E-state index < -0.39 is 28.7 Å². The zero-order valence-electron chi connectivity index (χ0n) is 15.9. The highest BCUT2D eigenvalue weighted by atomic mass is 19.4. The zero-order valence-corrected chi connectivity index (χ0v) is 15.9. The van der Waals surface area contributed by atoms with Gasteiger partial charge in [-0.15, -0.1) is 0 Å². The first-order valence-electron chi connectivity index (χ1n) is 8.95. The molecule has 6 heteroatoms. The lowest BCUT2D eigenvalue weighted by Crippen LogP contribution is -2.43. The Bertz CT molecular complexity index is 908. The molecule has 1 aliphatic carbocycles. The van der Waals surface area contributed by atoms with Crippen molar-refractivity contribution < 1.29 is 27.5 Å². The SMILES string of the molecule is CC(C)(C)OC(=O)[C@]1(Cc2ccc(C(F)(F)F)cc2)Cc2ccccc2C1=O. The molecule has 0 bridgehead atoms. The van der Waals surface area contributed by atoms with E-state index in [1.807, 2.05) is 0 Å². The Morgan fingerprint density at radius 2 is 1.64 bits per heavy atom. The highest BCUT2D eigenvalue weighted by molar-refractivity contribution is 6.16. The van der Waals surface area contributed by atoms with E-state index in [1.54, 1.807) is 45.0 Å². The van der Waals surface area contributed by atoms with Crippen molar-refractivity contribution in [2.75, 3.05) is 0 Å². The molecule has 0 amide bonds. The van der Waals surface area contributed by atoms with Crippen molar-refractivity contribution in [2.45, 2.75) is 45.4 Å². The number of ether oxygens (including phenoxy) is 1. The molecule has 2 aromatic rings. The fraction of sp³-hybridized carbons (Fsp3) is 0.364. The molecule has 3 rings (SSSR count). The van der Waals surface area contributed by atoms with Crippen molar-refractivity contribution in [3.05, 3.63) is 70.8 Å². The fourth-order valence-electron chi connectivity index (χ4n) is 3.47. The summed E-state index contributed by atoms with van der Waals surface area (Å²) in [4.78, 5) is 26.3. The molecule has 0 unspecified atom stereocenters. The van der Waals surface area contributed by atoms with E-state index in [4.69, 9.17) is 4.74 Å². The van der Waals surface area contributed by atoms with E-state index in [1.165, 1.54) is 12.1 Å². The van der Waals surface area contributed by atoms with Gasteiger partial charge in [-0.25, -0.2) is 0 Å². The van der Waals surface area contributed by atoms with Gasteiger partial charge in [0.1, 0.15) is 11.0 Å². The number of rotatable bonds is 3. The summed E-state index contributed by atoms with van der Waals surface area (Å²) in [6.07, 6.45) is -4.30. The minimum Gasteiger partial charge on any atom is -0.459 e. The lowest BCUT2D eigenvalue weighted by molar-refractivity contribution is -0.164. The maximum atomic E-state index is 13.2. The van der Waals surface area contributed by atoms with Crippen LogP contribution in [0.2, 0.25) is 0 Å². The summed E-state index contributed by atoms with van der Waals surface area (Å²) in [5.41, 5.74) is -1.37. The van der Waals surface area contributed by atoms with Crippen LogP contribution in [0, 0.1) is 5.41 Å². The van der Waals surface area contributed by atoms with Gasteiger partial charge in [-0.05, 0) is 56.9 Å². The molecule has 0 N–H and O–H groups in total. The summed E-state index contributed by atoms with van der Waals surface area (Å²) in [6, 6.07) is 11.5. The van der Waals surface area contributed by atoms with Gasteiger partial charge in [0.25, 0.3) is 0 Å². The predicted octanol–water partition coefficient (Wildman–Crippen LogP) is 5.02. The third kappa shape index (κ3) is 3.81. The molecular weight excluding hydrogens is 369 g/mol. The Kier molecular flexibility index (Phi) is 4.86. The van der Waals surface area contributed by atoms with Crippen LogP contribution in [0.4, 0.5) is 13.2 Å². The minimum atomic E-state index is -4.44. The Hall–Kier alpha value is -2.63. The maximum absolute atomic E-state index is 13.2. The van der Waals surface area contributed by atoms with Crippen LogP contribution in [-0.4, -0.2) is 17.4 Å². The normalized spacial score (nSPS) is 19.4. The molecule has 1 atom stereocenters.